The van der Waals surface area contributed by atoms with E-state index in [1.165, 1.54) is 0 Å². The number of carbonyl (C=O) groups excluding carboxylic acids is 1. The topological polar surface area (TPSA) is 61.5 Å². The number of hydrogen-bond acceptors (Lipinski definition) is 4. The third-order valence-corrected chi connectivity index (χ3v) is 4.01. The second kappa shape index (κ2) is 7.10. The van der Waals surface area contributed by atoms with Gasteiger partial charge in [-0.25, -0.2) is 0 Å². The zero-order valence-electron chi connectivity index (χ0n) is 11.9. The fraction of sp³-hybridized carbons (Fsp3) is 0.929. The predicted octanol–water partition coefficient (Wildman–Crippen LogP) is 2.11. The van der Waals surface area contributed by atoms with Crippen molar-refractivity contribution < 1.29 is 14.3 Å². The molecule has 4 nitrogen and oxygen atoms in total. The lowest BCUT2D eigenvalue weighted by atomic mass is 9.82. The number of rotatable bonds is 6. The first-order valence-electron chi connectivity index (χ1n) is 6.90. The smallest absolute Gasteiger partial charge is 0.308 e. The number of hydrogen-bond donors (Lipinski definition) is 1. The quantitative estimate of drug-likeness (QED) is 0.740. The molecule has 106 valence electrons. The minimum atomic E-state index is -0.225. The molecule has 2 N–H and O–H groups in total. The van der Waals surface area contributed by atoms with E-state index in [4.69, 9.17) is 15.2 Å². The summed E-state index contributed by atoms with van der Waals surface area (Å²) in [5.74, 6) is 0.636. The Morgan fingerprint density at radius 1 is 1.28 bits per heavy atom. The molecule has 0 radical (unpaired) electrons. The summed E-state index contributed by atoms with van der Waals surface area (Å²) < 4.78 is 10.6. The number of ether oxygens (including phenoxy) is 2. The molecule has 4 heteroatoms. The number of nitrogens with two attached hydrogens (primary N) is 1. The third-order valence-electron chi connectivity index (χ3n) is 4.01. The maximum absolute atomic E-state index is 11.9. The van der Waals surface area contributed by atoms with Crippen molar-refractivity contribution >= 4 is 5.97 Å². The van der Waals surface area contributed by atoms with Crippen LogP contribution in [0.3, 0.4) is 0 Å². The summed E-state index contributed by atoms with van der Waals surface area (Å²) in [6, 6.07) is 0. The number of methoxy groups -OCH3 is 1. The minimum absolute atomic E-state index is 0.0441. The summed E-state index contributed by atoms with van der Waals surface area (Å²) in [7, 11) is 1.68. The molecular weight excluding hydrogens is 230 g/mol. The van der Waals surface area contributed by atoms with Gasteiger partial charge in [0.05, 0.1) is 18.1 Å². The second-order valence-corrected chi connectivity index (χ2v) is 5.83. The van der Waals surface area contributed by atoms with Crippen molar-refractivity contribution in [2.75, 3.05) is 20.3 Å². The highest BCUT2D eigenvalue weighted by Gasteiger charge is 2.27. The van der Waals surface area contributed by atoms with Gasteiger partial charge >= 0.3 is 5.97 Å². The van der Waals surface area contributed by atoms with Crippen molar-refractivity contribution in [3.63, 3.8) is 0 Å². The normalized spacial score (nSPS) is 24.9. The summed E-state index contributed by atoms with van der Waals surface area (Å²) in [6.45, 7) is 5.17. The van der Waals surface area contributed by atoms with Gasteiger partial charge < -0.3 is 15.2 Å². The number of carbonyl (C=O) groups is 1. The first-order chi connectivity index (χ1) is 8.48. The fourth-order valence-corrected chi connectivity index (χ4v) is 2.25. The Morgan fingerprint density at radius 3 is 2.39 bits per heavy atom. The summed E-state index contributed by atoms with van der Waals surface area (Å²) in [5, 5.41) is 0. The molecule has 0 bridgehead atoms. The van der Waals surface area contributed by atoms with E-state index in [9.17, 15) is 4.79 Å². The molecule has 0 saturated heterocycles. The van der Waals surface area contributed by atoms with Gasteiger partial charge in [0, 0.05) is 13.5 Å². The Balaban J connectivity index is 2.22. The van der Waals surface area contributed by atoms with Gasteiger partial charge in [-0.05, 0) is 52.0 Å². The molecule has 0 heterocycles. The van der Waals surface area contributed by atoms with E-state index in [1.807, 2.05) is 13.8 Å². The van der Waals surface area contributed by atoms with Crippen molar-refractivity contribution in [2.45, 2.75) is 51.6 Å². The van der Waals surface area contributed by atoms with E-state index in [0.717, 1.165) is 38.6 Å². The van der Waals surface area contributed by atoms with Gasteiger partial charge in [0.25, 0.3) is 0 Å². The summed E-state index contributed by atoms with van der Waals surface area (Å²) in [5.41, 5.74) is 5.41. The molecule has 0 spiro atoms. The summed E-state index contributed by atoms with van der Waals surface area (Å²) in [4.78, 5) is 11.9. The van der Waals surface area contributed by atoms with Crippen molar-refractivity contribution in [1.82, 2.24) is 0 Å². The Kier molecular flexibility index (Phi) is 6.09. The van der Waals surface area contributed by atoms with Crippen LogP contribution in [0.1, 0.15) is 46.0 Å². The van der Waals surface area contributed by atoms with Gasteiger partial charge in [-0.3, -0.25) is 4.79 Å². The molecule has 0 atom stereocenters. The lowest BCUT2D eigenvalue weighted by molar-refractivity contribution is -0.151. The van der Waals surface area contributed by atoms with Crippen LogP contribution >= 0.6 is 0 Å². The van der Waals surface area contributed by atoms with Gasteiger partial charge in [0.1, 0.15) is 0 Å². The molecule has 18 heavy (non-hydrogen) atoms. The standard InChI is InChI=1S/C14H27NO3/c1-14(2,17-3)8-9-18-13(16)12-6-4-11(10-15)5-7-12/h11-12H,4-10,15H2,1-3H3. The highest BCUT2D eigenvalue weighted by Crippen LogP contribution is 2.29. The molecule has 0 amide bonds. The largest absolute Gasteiger partial charge is 0.465 e. The van der Waals surface area contributed by atoms with Gasteiger partial charge in [-0.1, -0.05) is 0 Å². The molecule has 1 aliphatic rings. The van der Waals surface area contributed by atoms with E-state index in [1.54, 1.807) is 7.11 Å². The highest BCUT2D eigenvalue weighted by molar-refractivity contribution is 5.72. The van der Waals surface area contributed by atoms with E-state index >= 15 is 0 Å². The SMILES string of the molecule is COC(C)(C)CCOC(=O)C1CCC(CN)CC1. The minimum Gasteiger partial charge on any atom is -0.465 e. The summed E-state index contributed by atoms with van der Waals surface area (Å²) >= 11 is 0. The molecule has 1 aliphatic carbocycles. The Labute approximate surface area is 110 Å². The van der Waals surface area contributed by atoms with E-state index in [2.05, 4.69) is 0 Å². The molecule has 0 aromatic carbocycles. The second-order valence-electron chi connectivity index (χ2n) is 5.83. The molecule has 1 rings (SSSR count). The van der Waals surface area contributed by atoms with Crippen molar-refractivity contribution in [3.8, 4) is 0 Å². The van der Waals surface area contributed by atoms with E-state index < -0.39 is 0 Å². The molecular formula is C14H27NO3. The van der Waals surface area contributed by atoms with E-state index in [0.29, 0.717) is 12.5 Å². The third kappa shape index (κ3) is 4.94. The van der Waals surface area contributed by atoms with Crippen LogP contribution in [-0.2, 0) is 14.3 Å². The Hall–Kier alpha value is -0.610. The van der Waals surface area contributed by atoms with Gasteiger partial charge in [0.2, 0.25) is 0 Å². The van der Waals surface area contributed by atoms with Crippen molar-refractivity contribution in [2.24, 2.45) is 17.6 Å². The lowest BCUT2D eigenvalue weighted by Crippen LogP contribution is -2.29. The van der Waals surface area contributed by atoms with Crippen molar-refractivity contribution in [1.29, 1.82) is 0 Å². The first-order valence-corrected chi connectivity index (χ1v) is 6.90. The fourth-order valence-electron chi connectivity index (χ4n) is 2.25. The molecule has 0 aromatic heterocycles. The predicted molar refractivity (Wildman–Crippen MR) is 71.2 cm³/mol. The van der Waals surface area contributed by atoms with Crippen LogP contribution in [0.15, 0.2) is 0 Å². The van der Waals surface area contributed by atoms with Crippen LogP contribution in [0.25, 0.3) is 0 Å². The molecule has 0 unspecified atom stereocenters. The molecule has 1 saturated carbocycles. The number of esters is 1. The van der Waals surface area contributed by atoms with Crippen LogP contribution in [0, 0.1) is 11.8 Å². The highest BCUT2D eigenvalue weighted by atomic mass is 16.5. The lowest BCUT2D eigenvalue weighted by Gasteiger charge is -2.27. The summed E-state index contributed by atoms with van der Waals surface area (Å²) in [6.07, 6.45) is 4.69. The van der Waals surface area contributed by atoms with Gasteiger partial charge in [-0.15, -0.1) is 0 Å². The molecule has 1 fully saturated rings. The van der Waals surface area contributed by atoms with Crippen molar-refractivity contribution in [3.05, 3.63) is 0 Å². The molecule has 0 aliphatic heterocycles. The van der Waals surface area contributed by atoms with Gasteiger partial charge in [0.15, 0.2) is 0 Å². The zero-order chi connectivity index (χ0) is 13.6. The maximum Gasteiger partial charge on any atom is 0.308 e. The average Bonchev–Trinajstić information content (AvgIpc) is 2.38. The van der Waals surface area contributed by atoms with Crippen LogP contribution in [0.4, 0.5) is 0 Å². The Morgan fingerprint density at radius 2 is 1.89 bits per heavy atom. The van der Waals surface area contributed by atoms with Crippen LogP contribution < -0.4 is 5.73 Å². The maximum atomic E-state index is 11.9. The van der Waals surface area contributed by atoms with Crippen LogP contribution in [-0.4, -0.2) is 31.8 Å². The average molecular weight is 257 g/mol. The van der Waals surface area contributed by atoms with Crippen LogP contribution in [0.5, 0.6) is 0 Å². The Bertz CT molecular complexity index is 258. The van der Waals surface area contributed by atoms with Gasteiger partial charge in [-0.2, -0.15) is 0 Å². The van der Waals surface area contributed by atoms with E-state index in [-0.39, 0.29) is 17.5 Å². The zero-order valence-corrected chi connectivity index (χ0v) is 11.9. The first kappa shape index (κ1) is 15.4. The monoisotopic (exact) mass is 257 g/mol. The van der Waals surface area contributed by atoms with Crippen LogP contribution in [0.2, 0.25) is 0 Å². The molecule has 0 aromatic rings.